The monoisotopic (exact) mass is 453 g/mol. The number of morpholine rings is 1. The van der Waals surface area contributed by atoms with Crippen LogP contribution in [-0.4, -0.2) is 51.4 Å². The van der Waals surface area contributed by atoms with Crippen molar-refractivity contribution in [2.75, 3.05) is 42.3 Å². The number of hydrogen-bond acceptors (Lipinski definition) is 6. The number of halogens is 1. The highest BCUT2D eigenvalue weighted by Gasteiger charge is 2.17. The van der Waals surface area contributed by atoms with Crippen LogP contribution in [0.4, 0.5) is 11.5 Å². The second kappa shape index (κ2) is 8.81. The van der Waals surface area contributed by atoms with Crippen LogP contribution in [0.25, 0.3) is 0 Å². The van der Waals surface area contributed by atoms with E-state index in [2.05, 4.69) is 31.1 Å². The smallest absolute Gasteiger partial charge is 0.225 e. The molecule has 1 fully saturated rings. The maximum absolute atomic E-state index is 12.3. The molecule has 1 N–H and O–H groups in total. The quantitative estimate of drug-likeness (QED) is 0.722. The van der Waals surface area contributed by atoms with Crippen LogP contribution in [0, 0.1) is 0 Å². The van der Waals surface area contributed by atoms with Gasteiger partial charge in [-0.3, -0.25) is 4.79 Å². The Morgan fingerprint density at radius 2 is 1.85 bits per heavy atom. The van der Waals surface area contributed by atoms with Gasteiger partial charge in [0.25, 0.3) is 0 Å². The molecule has 0 spiro atoms. The van der Waals surface area contributed by atoms with Crippen molar-refractivity contribution in [1.82, 2.24) is 4.98 Å². The Bertz CT molecular complexity index is 880. The van der Waals surface area contributed by atoms with Gasteiger partial charge in [-0.25, -0.2) is 13.4 Å². The van der Waals surface area contributed by atoms with E-state index in [0.29, 0.717) is 18.9 Å². The molecule has 27 heavy (non-hydrogen) atoms. The van der Waals surface area contributed by atoms with Crippen molar-refractivity contribution in [1.29, 1.82) is 0 Å². The number of hydrogen-bond donors (Lipinski definition) is 1. The molecule has 0 radical (unpaired) electrons. The summed E-state index contributed by atoms with van der Waals surface area (Å²) in [6.45, 7) is 2.92. The van der Waals surface area contributed by atoms with Crippen LogP contribution in [0.15, 0.2) is 52.0 Å². The van der Waals surface area contributed by atoms with Gasteiger partial charge >= 0.3 is 0 Å². The zero-order chi connectivity index (χ0) is 19.3. The van der Waals surface area contributed by atoms with Gasteiger partial charge in [-0.15, -0.1) is 0 Å². The Morgan fingerprint density at radius 3 is 2.48 bits per heavy atom. The molecule has 9 heteroatoms. The summed E-state index contributed by atoms with van der Waals surface area (Å²) in [7, 11) is -3.50. The van der Waals surface area contributed by atoms with Crippen LogP contribution in [0.2, 0.25) is 0 Å². The molecule has 3 rings (SSSR count). The fraction of sp³-hybridized carbons (Fsp3) is 0.333. The number of sulfone groups is 1. The predicted molar refractivity (Wildman–Crippen MR) is 107 cm³/mol. The Kier molecular flexibility index (Phi) is 6.46. The van der Waals surface area contributed by atoms with Gasteiger partial charge in [0.1, 0.15) is 5.82 Å². The van der Waals surface area contributed by atoms with E-state index in [0.717, 1.165) is 23.4 Å². The molecule has 0 atom stereocenters. The standard InChI is InChI=1S/C18H20BrN3O4S/c19-14-1-4-16(5-2-14)27(24,25)12-7-18(23)21-15-3-6-17(20-13-15)22-8-10-26-11-9-22/h1-6,13H,7-12H2,(H,21,23). The number of amides is 1. The Labute approximate surface area is 166 Å². The van der Waals surface area contributed by atoms with E-state index >= 15 is 0 Å². The highest BCUT2D eigenvalue weighted by Crippen LogP contribution is 2.18. The first-order chi connectivity index (χ1) is 12.9. The van der Waals surface area contributed by atoms with Gasteiger partial charge in [0.2, 0.25) is 5.91 Å². The van der Waals surface area contributed by atoms with E-state index in [1.165, 1.54) is 12.1 Å². The fourth-order valence-electron chi connectivity index (χ4n) is 2.65. The first kappa shape index (κ1) is 19.8. The molecule has 1 amide bonds. The number of rotatable bonds is 6. The summed E-state index contributed by atoms with van der Waals surface area (Å²) in [6.07, 6.45) is 1.45. The van der Waals surface area contributed by atoms with Gasteiger partial charge in [0.05, 0.1) is 35.7 Å². The fourth-order valence-corrected chi connectivity index (χ4v) is 4.15. The average Bonchev–Trinajstić information content (AvgIpc) is 2.68. The summed E-state index contributed by atoms with van der Waals surface area (Å²) in [5.41, 5.74) is 0.540. The van der Waals surface area contributed by atoms with E-state index in [4.69, 9.17) is 4.74 Å². The first-order valence-electron chi connectivity index (χ1n) is 8.51. The number of benzene rings is 1. The third-order valence-corrected chi connectivity index (χ3v) is 6.40. The first-order valence-corrected chi connectivity index (χ1v) is 11.0. The van der Waals surface area contributed by atoms with E-state index in [1.807, 2.05) is 6.07 Å². The summed E-state index contributed by atoms with van der Waals surface area (Å²) in [5.74, 6) is 0.213. The average molecular weight is 454 g/mol. The molecular weight excluding hydrogens is 434 g/mol. The lowest BCUT2D eigenvalue weighted by molar-refractivity contribution is -0.115. The number of anilines is 2. The molecule has 0 saturated carbocycles. The Balaban J connectivity index is 1.53. The van der Waals surface area contributed by atoms with E-state index in [1.54, 1.807) is 24.4 Å². The number of carbonyl (C=O) groups is 1. The molecule has 0 unspecified atom stereocenters. The van der Waals surface area contributed by atoms with E-state index < -0.39 is 9.84 Å². The van der Waals surface area contributed by atoms with Gasteiger partial charge < -0.3 is 15.0 Å². The molecule has 2 aromatic rings. The van der Waals surface area contributed by atoms with Crippen LogP contribution in [0.5, 0.6) is 0 Å². The molecule has 1 aromatic heterocycles. The molecule has 0 aliphatic carbocycles. The molecular formula is C18H20BrN3O4S. The zero-order valence-corrected chi connectivity index (χ0v) is 17.0. The number of nitrogens with zero attached hydrogens (tertiary/aromatic N) is 2. The van der Waals surface area contributed by atoms with Gasteiger partial charge in [-0.2, -0.15) is 0 Å². The number of nitrogens with one attached hydrogen (secondary N) is 1. The number of aromatic nitrogens is 1. The van der Waals surface area contributed by atoms with Crippen molar-refractivity contribution in [2.24, 2.45) is 0 Å². The third-order valence-electron chi connectivity index (χ3n) is 4.14. The molecule has 0 bridgehead atoms. The van der Waals surface area contributed by atoms with Gasteiger partial charge in [-0.05, 0) is 36.4 Å². The van der Waals surface area contributed by atoms with Gasteiger partial charge in [-0.1, -0.05) is 15.9 Å². The Morgan fingerprint density at radius 1 is 1.15 bits per heavy atom. The molecule has 1 saturated heterocycles. The molecule has 7 nitrogen and oxygen atoms in total. The van der Waals surface area contributed by atoms with Crippen LogP contribution in [-0.2, 0) is 19.4 Å². The van der Waals surface area contributed by atoms with Crippen LogP contribution in [0.1, 0.15) is 6.42 Å². The van der Waals surface area contributed by atoms with Gasteiger partial charge in [0.15, 0.2) is 9.84 Å². The minimum atomic E-state index is -3.50. The molecule has 1 aliphatic heterocycles. The molecule has 144 valence electrons. The lowest BCUT2D eigenvalue weighted by Gasteiger charge is -2.27. The van der Waals surface area contributed by atoms with Crippen LogP contribution in [0.3, 0.4) is 0 Å². The SMILES string of the molecule is O=C(CCS(=O)(=O)c1ccc(Br)cc1)Nc1ccc(N2CCOCC2)nc1. The number of carbonyl (C=O) groups excluding carboxylic acids is 1. The maximum atomic E-state index is 12.3. The Hall–Kier alpha value is -1.97. The summed E-state index contributed by atoms with van der Waals surface area (Å²) in [5, 5.41) is 2.69. The zero-order valence-electron chi connectivity index (χ0n) is 14.6. The maximum Gasteiger partial charge on any atom is 0.225 e. The second-order valence-corrected chi connectivity index (χ2v) is 9.10. The minimum Gasteiger partial charge on any atom is -0.378 e. The van der Waals surface area contributed by atoms with Crippen molar-refractivity contribution in [3.8, 4) is 0 Å². The summed E-state index contributed by atoms with van der Waals surface area (Å²) >= 11 is 3.27. The van der Waals surface area contributed by atoms with Gasteiger partial charge in [0, 0.05) is 24.0 Å². The topological polar surface area (TPSA) is 88.6 Å². The van der Waals surface area contributed by atoms with E-state index in [9.17, 15) is 13.2 Å². The van der Waals surface area contributed by atoms with Crippen molar-refractivity contribution < 1.29 is 17.9 Å². The molecule has 1 aliphatic rings. The van der Waals surface area contributed by atoms with Crippen molar-refractivity contribution in [3.05, 3.63) is 47.1 Å². The molecule has 1 aromatic carbocycles. The number of ether oxygens (including phenoxy) is 1. The summed E-state index contributed by atoms with van der Waals surface area (Å²) < 4.78 is 30.7. The molecule has 2 heterocycles. The highest BCUT2D eigenvalue weighted by molar-refractivity contribution is 9.10. The largest absolute Gasteiger partial charge is 0.378 e. The summed E-state index contributed by atoms with van der Waals surface area (Å²) in [4.78, 5) is 18.8. The van der Waals surface area contributed by atoms with Crippen molar-refractivity contribution in [3.63, 3.8) is 0 Å². The van der Waals surface area contributed by atoms with Crippen LogP contribution < -0.4 is 10.2 Å². The number of pyridine rings is 1. The van der Waals surface area contributed by atoms with E-state index in [-0.39, 0.29) is 23.0 Å². The summed E-state index contributed by atoms with van der Waals surface area (Å²) in [6, 6.07) is 9.96. The predicted octanol–water partition coefficient (Wildman–Crippen LogP) is 2.48. The van der Waals surface area contributed by atoms with Crippen LogP contribution >= 0.6 is 15.9 Å². The second-order valence-electron chi connectivity index (χ2n) is 6.08. The third kappa shape index (κ3) is 5.50. The normalized spacial score (nSPS) is 14.8. The lowest BCUT2D eigenvalue weighted by Crippen LogP contribution is -2.36. The van der Waals surface area contributed by atoms with Crippen molar-refractivity contribution in [2.45, 2.75) is 11.3 Å². The highest BCUT2D eigenvalue weighted by atomic mass is 79.9. The lowest BCUT2D eigenvalue weighted by atomic mass is 10.3. The van der Waals surface area contributed by atoms with Crippen molar-refractivity contribution >= 4 is 43.2 Å². The minimum absolute atomic E-state index is 0.121.